The van der Waals surface area contributed by atoms with Crippen molar-refractivity contribution in [2.45, 2.75) is 25.3 Å². The molecule has 106 valence electrons. The van der Waals surface area contributed by atoms with E-state index in [4.69, 9.17) is 4.42 Å². The molecule has 0 bridgehead atoms. The Morgan fingerprint density at radius 2 is 2.20 bits per heavy atom. The van der Waals surface area contributed by atoms with Gasteiger partial charge in [-0.15, -0.1) is 0 Å². The predicted molar refractivity (Wildman–Crippen MR) is 79.1 cm³/mol. The minimum Gasteiger partial charge on any atom is -0.461 e. The van der Waals surface area contributed by atoms with E-state index in [0.717, 1.165) is 41.6 Å². The van der Waals surface area contributed by atoms with Gasteiger partial charge in [0.25, 0.3) is 5.91 Å². The van der Waals surface area contributed by atoms with E-state index in [-0.39, 0.29) is 5.91 Å². The first kappa shape index (κ1) is 13.2. The fourth-order valence-electron chi connectivity index (χ4n) is 2.92. The summed E-state index contributed by atoms with van der Waals surface area (Å²) in [5.74, 6) is 1.11. The van der Waals surface area contributed by atoms with Crippen molar-refractivity contribution in [1.29, 1.82) is 0 Å². The Morgan fingerprint density at radius 3 is 2.90 bits per heavy atom. The van der Waals surface area contributed by atoms with Crippen LogP contribution in [-0.4, -0.2) is 38.0 Å². The largest absolute Gasteiger partial charge is 0.461 e. The molecule has 0 saturated heterocycles. The summed E-state index contributed by atoms with van der Waals surface area (Å²) in [7, 11) is 5.54. The van der Waals surface area contributed by atoms with Crippen molar-refractivity contribution in [3.63, 3.8) is 0 Å². The zero-order chi connectivity index (χ0) is 14.3. The van der Waals surface area contributed by atoms with Crippen LogP contribution in [0, 0.1) is 0 Å². The first-order valence-electron chi connectivity index (χ1n) is 7.03. The van der Waals surface area contributed by atoms with Crippen molar-refractivity contribution in [1.82, 2.24) is 10.2 Å². The monoisotopic (exact) mass is 272 g/mol. The van der Waals surface area contributed by atoms with Crippen LogP contribution in [0.1, 0.15) is 28.1 Å². The van der Waals surface area contributed by atoms with Crippen LogP contribution < -0.4 is 5.32 Å². The van der Waals surface area contributed by atoms with Crippen LogP contribution >= 0.6 is 0 Å². The molecule has 1 unspecified atom stereocenters. The van der Waals surface area contributed by atoms with E-state index >= 15 is 0 Å². The number of carbonyl (C=O) groups is 1. The van der Waals surface area contributed by atoms with Crippen molar-refractivity contribution in [3.05, 3.63) is 35.1 Å². The first-order valence-corrected chi connectivity index (χ1v) is 7.03. The van der Waals surface area contributed by atoms with Crippen LogP contribution in [-0.2, 0) is 12.8 Å². The highest BCUT2D eigenvalue weighted by Gasteiger charge is 2.24. The highest BCUT2D eigenvalue weighted by atomic mass is 16.3. The molecule has 1 aromatic heterocycles. The molecule has 0 radical (unpaired) electrons. The lowest BCUT2D eigenvalue weighted by molar-refractivity contribution is 0.0828. The zero-order valence-corrected chi connectivity index (χ0v) is 12.2. The molecule has 1 aliphatic rings. The molecule has 0 saturated carbocycles. The van der Waals surface area contributed by atoms with Gasteiger partial charge in [-0.3, -0.25) is 4.79 Å². The van der Waals surface area contributed by atoms with E-state index in [1.807, 2.05) is 25.2 Å². The Bertz CT molecular complexity index is 658. The molecular weight excluding hydrogens is 252 g/mol. The van der Waals surface area contributed by atoms with Gasteiger partial charge in [-0.1, -0.05) is 0 Å². The summed E-state index contributed by atoms with van der Waals surface area (Å²) < 4.78 is 5.93. The number of rotatable bonds is 2. The maximum Gasteiger partial charge on any atom is 0.253 e. The Hall–Kier alpha value is -1.81. The van der Waals surface area contributed by atoms with Crippen LogP contribution in [0.3, 0.4) is 0 Å². The van der Waals surface area contributed by atoms with Crippen LogP contribution in [0.5, 0.6) is 0 Å². The van der Waals surface area contributed by atoms with Gasteiger partial charge in [0, 0.05) is 43.1 Å². The summed E-state index contributed by atoms with van der Waals surface area (Å²) >= 11 is 0. The lowest BCUT2D eigenvalue weighted by Crippen LogP contribution is -2.31. The van der Waals surface area contributed by atoms with Crippen molar-refractivity contribution >= 4 is 16.9 Å². The lowest BCUT2D eigenvalue weighted by Gasteiger charge is -2.20. The average molecular weight is 272 g/mol. The van der Waals surface area contributed by atoms with Gasteiger partial charge in [0.2, 0.25) is 0 Å². The number of fused-ring (bicyclic) bond motifs is 3. The van der Waals surface area contributed by atoms with Crippen molar-refractivity contribution in [3.8, 4) is 0 Å². The van der Waals surface area contributed by atoms with Gasteiger partial charge in [-0.2, -0.15) is 0 Å². The standard InChI is InChI=1S/C16H20N2O2/c1-17-11-5-7-15-13(9-11)12-8-10(16(19)18(2)3)4-6-14(12)20-15/h4,6,8,11,17H,5,7,9H2,1-3H3. The number of benzene rings is 1. The Kier molecular flexibility index (Phi) is 3.26. The second-order valence-electron chi connectivity index (χ2n) is 5.64. The van der Waals surface area contributed by atoms with Gasteiger partial charge >= 0.3 is 0 Å². The molecule has 0 fully saturated rings. The third kappa shape index (κ3) is 2.10. The SMILES string of the molecule is CNC1CCc2oc3ccc(C(=O)N(C)C)cc3c2C1. The molecule has 0 aliphatic heterocycles. The van der Waals surface area contributed by atoms with Crippen molar-refractivity contribution in [2.24, 2.45) is 0 Å². The summed E-state index contributed by atoms with van der Waals surface area (Å²) in [6.45, 7) is 0. The third-order valence-electron chi connectivity index (χ3n) is 4.11. The van der Waals surface area contributed by atoms with Gasteiger partial charge in [-0.25, -0.2) is 0 Å². The van der Waals surface area contributed by atoms with Crippen molar-refractivity contribution < 1.29 is 9.21 Å². The number of nitrogens with zero attached hydrogens (tertiary/aromatic N) is 1. The van der Waals surface area contributed by atoms with Crippen LogP contribution in [0.15, 0.2) is 22.6 Å². The number of furan rings is 1. The van der Waals surface area contributed by atoms with E-state index < -0.39 is 0 Å². The van der Waals surface area contributed by atoms with E-state index in [9.17, 15) is 4.79 Å². The van der Waals surface area contributed by atoms with Gasteiger partial charge in [-0.05, 0) is 38.1 Å². The molecule has 4 nitrogen and oxygen atoms in total. The maximum absolute atomic E-state index is 12.1. The minimum absolute atomic E-state index is 0.0304. The Labute approximate surface area is 118 Å². The topological polar surface area (TPSA) is 45.5 Å². The molecule has 20 heavy (non-hydrogen) atoms. The van der Waals surface area contributed by atoms with Gasteiger partial charge in [0.1, 0.15) is 11.3 Å². The number of amides is 1. The first-order chi connectivity index (χ1) is 9.60. The molecule has 0 spiro atoms. The normalized spacial score (nSPS) is 18.1. The molecular formula is C16H20N2O2. The van der Waals surface area contributed by atoms with E-state index in [0.29, 0.717) is 6.04 Å². The van der Waals surface area contributed by atoms with Gasteiger partial charge < -0.3 is 14.6 Å². The van der Waals surface area contributed by atoms with Gasteiger partial charge in [0.05, 0.1) is 0 Å². The molecule has 1 atom stereocenters. The highest BCUT2D eigenvalue weighted by Crippen LogP contribution is 2.32. The molecule has 4 heteroatoms. The van der Waals surface area contributed by atoms with Crippen LogP contribution in [0.25, 0.3) is 11.0 Å². The van der Waals surface area contributed by atoms with E-state index in [2.05, 4.69) is 5.32 Å². The summed E-state index contributed by atoms with van der Waals surface area (Å²) in [6.07, 6.45) is 3.04. The summed E-state index contributed by atoms with van der Waals surface area (Å²) in [5.41, 5.74) is 2.87. The lowest BCUT2D eigenvalue weighted by atomic mass is 9.91. The highest BCUT2D eigenvalue weighted by molar-refractivity contribution is 5.98. The predicted octanol–water partition coefficient (Wildman–Crippen LogP) is 2.21. The summed E-state index contributed by atoms with van der Waals surface area (Å²) in [5, 5.41) is 4.43. The number of hydrogen-bond acceptors (Lipinski definition) is 3. The molecule has 1 heterocycles. The average Bonchev–Trinajstić information content (AvgIpc) is 2.82. The number of hydrogen-bond donors (Lipinski definition) is 1. The number of aryl methyl sites for hydroxylation is 1. The number of likely N-dealkylation sites (N-methyl/N-ethyl adjacent to an activating group) is 1. The zero-order valence-electron chi connectivity index (χ0n) is 12.2. The fourth-order valence-corrected chi connectivity index (χ4v) is 2.92. The molecule has 1 aliphatic carbocycles. The van der Waals surface area contributed by atoms with Gasteiger partial charge in [0.15, 0.2) is 0 Å². The molecule has 1 aromatic carbocycles. The minimum atomic E-state index is 0.0304. The quantitative estimate of drug-likeness (QED) is 0.911. The van der Waals surface area contributed by atoms with Crippen LogP contribution in [0.2, 0.25) is 0 Å². The second-order valence-corrected chi connectivity index (χ2v) is 5.64. The van der Waals surface area contributed by atoms with E-state index in [1.54, 1.807) is 19.0 Å². The third-order valence-corrected chi connectivity index (χ3v) is 4.11. The van der Waals surface area contributed by atoms with Crippen LogP contribution in [0.4, 0.5) is 0 Å². The number of nitrogens with one attached hydrogen (secondary N) is 1. The molecule has 1 amide bonds. The fraction of sp³-hybridized carbons (Fsp3) is 0.438. The summed E-state index contributed by atoms with van der Waals surface area (Å²) in [6, 6.07) is 6.22. The Morgan fingerprint density at radius 1 is 1.40 bits per heavy atom. The maximum atomic E-state index is 12.1. The van der Waals surface area contributed by atoms with Crippen molar-refractivity contribution in [2.75, 3.05) is 21.1 Å². The molecule has 2 aromatic rings. The van der Waals surface area contributed by atoms with E-state index in [1.165, 1.54) is 5.56 Å². The smallest absolute Gasteiger partial charge is 0.253 e. The molecule has 1 N–H and O–H groups in total. The number of carbonyl (C=O) groups excluding carboxylic acids is 1. The second kappa shape index (κ2) is 4.94. The summed E-state index contributed by atoms with van der Waals surface area (Å²) in [4.78, 5) is 13.7. The Balaban J connectivity index is 2.07. The molecule has 3 rings (SSSR count).